The van der Waals surface area contributed by atoms with Gasteiger partial charge in [0, 0.05) is 16.6 Å². The van der Waals surface area contributed by atoms with Crippen LogP contribution >= 0.6 is 15.9 Å². The Kier molecular flexibility index (Phi) is 3.16. The molecule has 1 atom stereocenters. The van der Waals surface area contributed by atoms with Gasteiger partial charge in [0.2, 0.25) is 0 Å². The monoisotopic (exact) mass is 372 g/mol. The number of rotatable bonds is 2. The van der Waals surface area contributed by atoms with Crippen molar-refractivity contribution in [2.75, 3.05) is 0 Å². The molecule has 5 nitrogen and oxygen atoms in total. The van der Waals surface area contributed by atoms with E-state index in [1.807, 2.05) is 36.1 Å². The number of benzene rings is 2. The summed E-state index contributed by atoms with van der Waals surface area (Å²) in [4.78, 5) is 28.3. The predicted octanol–water partition coefficient (Wildman–Crippen LogP) is 3.60. The largest absolute Gasteiger partial charge is 0.417 e. The molecule has 3 aromatic rings. The van der Waals surface area contributed by atoms with Gasteiger partial charge in [0.15, 0.2) is 5.58 Å². The van der Waals surface area contributed by atoms with Gasteiger partial charge in [0.25, 0.3) is 5.91 Å². The van der Waals surface area contributed by atoms with Gasteiger partial charge in [-0.15, -0.1) is 0 Å². The number of nitrogens with one attached hydrogen (secondary N) is 1. The number of hydrogen-bond acceptors (Lipinski definition) is 3. The number of aromatic nitrogens is 1. The molecule has 116 valence electrons. The number of aromatic amines is 1. The predicted molar refractivity (Wildman–Crippen MR) is 89.3 cm³/mol. The summed E-state index contributed by atoms with van der Waals surface area (Å²) in [6.45, 7) is 2.49. The van der Waals surface area contributed by atoms with E-state index in [0.29, 0.717) is 17.6 Å². The van der Waals surface area contributed by atoms with Crippen molar-refractivity contribution in [3.05, 3.63) is 68.1 Å². The molecule has 1 aliphatic heterocycles. The van der Waals surface area contributed by atoms with E-state index in [1.165, 1.54) is 0 Å². The topological polar surface area (TPSA) is 66.3 Å². The summed E-state index contributed by atoms with van der Waals surface area (Å²) in [5.41, 5.74) is 3.86. The van der Waals surface area contributed by atoms with Crippen molar-refractivity contribution in [2.45, 2.75) is 19.5 Å². The quantitative estimate of drug-likeness (QED) is 0.747. The number of H-pyrrole nitrogens is 1. The minimum Gasteiger partial charge on any atom is -0.408 e. The van der Waals surface area contributed by atoms with Crippen molar-refractivity contribution in [3.8, 4) is 0 Å². The van der Waals surface area contributed by atoms with Crippen LogP contribution in [-0.4, -0.2) is 15.8 Å². The van der Waals surface area contributed by atoms with Gasteiger partial charge in [0.1, 0.15) is 0 Å². The molecule has 1 N–H and O–H groups in total. The first-order valence-corrected chi connectivity index (χ1v) is 8.04. The third-order valence-corrected chi connectivity index (χ3v) is 4.75. The Morgan fingerprint density at radius 2 is 2.04 bits per heavy atom. The Morgan fingerprint density at radius 3 is 2.87 bits per heavy atom. The van der Waals surface area contributed by atoms with Gasteiger partial charge in [0.05, 0.1) is 11.6 Å². The number of halogens is 1. The van der Waals surface area contributed by atoms with Crippen LogP contribution in [0.5, 0.6) is 0 Å². The van der Waals surface area contributed by atoms with Crippen LogP contribution < -0.4 is 5.76 Å². The van der Waals surface area contributed by atoms with Crippen molar-refractivity contribution in [3.63, 3.8) is 0 Å². The summed E-state index contributed by atoms with van der Waals surface area (Å²) in [6.07, 6.45) is 0. The number of carbonyl (C=O) groups is 1. The Morgan fingerprint density at radius 1 is 1.22 bits per heavy atom. The van der Waals surface area contributed by atoms with E-state index in [-0.39, 0.29) is 11.9 Å². The fourth-order valence-electron chi connectivity index (χ4n) is 3.07. The number of nitrogens with zero attached hydrogens (tertiary/aromatic N) is 1. The molecule has 0 aliphatic carbocycles. The zero-order chi connectivity index (χ0) is 16.1. The van der Waals surface area contributed by atoms with Crippen LogP contribution in [0.2, 0.25) is 0 Å². The summed E-state index contributed by atoms with van der Waals surface area (Å²) >= 11 is 3.45. The second-order valence-electron chi connectivity index (χ2n) is 5.69. The maximum Gasteiger partial charge on any atom is 0.417 e. The van der Waals surface area contributed by atoms with Crippen LogP contribution in [0.25, 0.3) is 11.1 Å². The number of oxazole rings is 1. The third kappa shape index (κ3) is 2.30. The maximum absolute atomic E-state index is 12.6. The van der Waals surface area contributed by atoms with Crippen molar-refractivity contribution in [2.24, 2.45) is 0 Å². The lowest BCUT2D eigenvalue weighted by atomic mass is 10.1. The highest BCUT2D eigenvalue weighted by Crippen LogP contribution is 2.36. The van der Waals surface area contributed by atoms with Crippen LogP contribution in [0.4, 0.5) is 0 Å². The molecule has 4 rings (SSSR count). The molecular formula is C17H13BrN2O3. The second kappa shape index (κ2) is 5.09. The summed E-state index contributed by atoms with van der Waals surface area (Å²) in [5, 5.41) is 0. The molecule has 1 amide bonds. The lowest BCUT2D eigenvalue weighted by molar-refractivity contribution is 0.0723. The molecular weight excluding hydrogens is 360 g/mol. The summed E-state index contributed by atoms with van der Waals surface area (Å²) in [5.74, 6) is -0.448. The van der Waals surface area contributed by atoms with Crippen molar-refractivity contribution in [1.29, 1.82) is 0 Å². The van der Waals surface area contributed by atoms with E-state index >= 15 is 0 Å². The molecule has 2 aromatic carbocycles. The Balaban J connectivity index is 1.68. The molecule has 0 spiro atoms. The van der Waals surface area contributed by atoms with Crippen LogP contribution in [-0.2, 0) is 6.54 Å². The number of carbonyl (C=O) groups excluding carboxylic acids is 1. The van der Waals surface area contributed by atoms with E-state index in [4.69, 9.17) is 4.42 Å². The van der Waals surface area contributed by atoms with E-state index in [9.17, 15) is 9.59 Å². The summed E-state index contributed by atoms with van der Waals surface area (Å²) in [7, 11) is 0. The SMILES string of the molecule is C[C@H]1c2cc(Br)ccc2C(=O)N1Cc1ccc2[nH]c(=O)oc2c1. The summed E-state index contributed by atoms with van der Waals surface area (Å²) in [6, 6.07) is 11.2. The van der Waals surface area contributed by atoms with Gasteiger partial charge in [-0.05, 0) is 48.4 Å². The van der Waals surface area contributed by atoms with Crippen LogP contribution in [0.3, 0.4) is 0 Å². The fraction of sp³-hybridized carbons (Fsp3) is 0.176. The first-order valence-electron chi connectivity index (χ1n) is 7.25. The maximum atomic E-state index is 12.6. The number of amides is 1. The zero-order valence-corrected chi connectivity index (χ0v) is 13.9. The van der Waals surface area contributed by atoms with Gasteiger partial charge < -0.3 is 9.32 Å². The molecule has 1 aromatic heterocycles. The highest BCUT2D eigenvalue weighted by atomic mass is 79.9. The lowest BCUT2D eigenvalue weighted by Gasteiger charge is -2.22. The Labute approximate surface area is 140 Å². The van der Waals surface area contributed by atoms with Crippen molar-refractivity contribution >= 4 is 32.9 Å². The molecule has 0 saturated heterocycles. The highest BCUT2D eigenvalue weighted by molar-refractivity contribution is 9.10. The molecule has 0 saturated carbocycles. The van der Waals surface area contributed by atoms with Crippen molar-refractivity contribution < 1.29 is 9.21 Å². The summed E-state index contributed by atoms with van der Waals surface area (Å²) < 4.78 is 6.05. The molecule has 1 aliphatic rings. The normalized spacial score (nSPS) is 17.0. The first-order chi connectivity index (χ1) is 11.0. The molecule has 0 fully saturated rings. The Bertz CT molecular complexity index is 989. The highest BCUT2D eigenvalue weighted by Gasteiger charge is 2.33. The minimum atomic E-state index is -0.472. The Hall–Kier alpha value is -2.34. The van der Waals surface area contributed by atoms with Gasteiger partial charge in [-0.2, -0.15) is 0 Å². The molecule has 0 bridgehead atoms. The third-order valence-electron chi connectivity index (χ3n) is 4.26. The molecule has 0 unspecified atom stereocenters. The smallest absolute Gasteiger partial charge is 0.408 e. The molecule has 6 heteroatoms. The second-order valence-corrected chi connectivity index (χ2v) is 6.60. The van der Waals surface area contributed by atoms with Crippen molar-refractivity contribution in [1.82, 2.24) is 9.88 Å². The average molecular weight is 373 g/mol. The van der Waals surface area contributed by atoms with E-state index in [2.05, 4.69) is 20.9 Å². The van der Waals surface area contributed by atoms with Gasteiger partial charge >= 0.3 is 5.76 Å². The van der Waals surface area contributed by atoms with E-state index in [1.54, 1.807) is 12.1 Å². The standard InChI is InChI=1S/C17H13BrN2O3/c1-9-13-7-11(18)3-4-12(13)16(21)20(9)8-10-2-5-14-15(6-10)23-17(22)19-14/h2-7,9H,8H2,1H3,(H,19,22)/t9-/m0/s1. The van der Waals surface area contributed by atoms with Gasteiger partial charge in [-0.25, -0.2) is 4.79 Å². The average Bonchev–Trinajstić information content (AvgIpc) is 2.99. The zero-order valence-electron chi connectivity index (χ0n) is 12.3. The lowest BCUT2D eigenvalue weighted by Crippen LogP contribution is -2.26. The molecule has 2 heterocycles. The number of hydrogen-bond donors (Lipinski definition) is 1. The minimum absolute atomic E-state index is 0.00364. The molecule has 0 radical (unpaired) electrons. The van der Waals surface area contributed by atoms with Crippen LogP contribution in [0.15, 0.2) is 50.1 Å². The van der Waals surface area contributed by atoms with Crippen LogP contribution in [0, 0.1) is 0 Å². The van der Waals surface area contributed by atoms with Gasteiger partial charge in [-0.1, -0.05) is 22.0 Å². The molecule has 23 heavy (non-hydrogen) atoms. The number of fused-ring (bicyclic) bond motifs is 2. The van der Waals surface area contributed by atoms with Gasteiger partial charge in [-0.3, -0.25) is 9.78 Å². The van der Waals surface area contributed by atoms with E-state index in [0.717, 1.165) is 21.2 Å². The van der Waals surface area contributed by atoms with Crippen LogP contribution in [0.1, 0.15) is 34.5 Å². The fourth-order valence-corrected chi connectivity index (χ4v) is 3.44. The first kappa shape index (κ1) is 14.3. The van der Waals surface area contributed by atoms with E-state index < -0.39 is 5.76 Å².